The van der Waals surface area contributed by atoms with E-state index < -0.39 is 39.4 Å². The minimum atomic E-state index is -1.68. The van der Waals surface area contributed by atoms with Gasteiger partial charge in [0.1, 0.15) is 23.3 Å². The predicted octanol–water partition coefficient (Wildman–Crippen LogP) is 16.5. The molecule has 0 atom stereocenters. The minimum Gasteiger partial charge on any atom is -0.310 e. The van der Waals surface area contributed by atoms with Crippen LogP contribution in [0.4, 0.5) is 51.7 Å². The van der Waals surface area contributed by atoms with Gasteiger partial charge in [0.15, 0.2) is 0 Å². The Hall–Kier alpha value is -7.01. The highest BCUT2D eigenvalue weighted by atomic mass is 28.3. The van der Waals surface area contributed by atoms with E-state index in [1.165, 1.54) is 34.6 Å². The Bertz CT molecular complexity index is 3140. The summed E-state index contributed by atoms with van der Waals surface area (Å²) in [4.78, 5) is 3.88. The van der Waals surface area contributed by atoms with Crippen molar-refractivity contribution >= 4 is 93.0 Å². The van der Waals surface area contributed by atoms with Gasteiger partial charge in [0.05, 0.1) is 50.0 Å². The molecule has 0 saturated carbocycles. The maximum atomic E-state index is 16.4. The molecular formula is C58H48F4N2Si2. The third-order valence-corrected chi connectivity index (χ3v) is 16.9. The molecule has 10 rings (SSSR count). The number of hydrogen-bond donors (Lipinski definition) is 0. The molecular weight excluding hydrogens is 857 g/mol. The van der Waals surface area contributed by atoms with Crippen LogP contribution in [0.1, 0.15) is 0 Å². The maximum absolute atomic E-state index is 16.4. The number of nitrogens with zero attached hydrogens (tertiary/aromatic N) is 2. The molecule has 0 heterocycles. The van der Waals surface area contributed by atoms with E-state index in [0.29, 0.717) is 22.5 Å². The van der Waals surface area contributed by atoms with E-state index in [4.69, 9.17) is 0 Å². The van der Waals surface area contributed by atoms with E-state index in [-0.39, 0.29) is 11.1 Å². The Morgan fingerprint density at radius 3 is 0.970 bits per heavy atom. The van der Waals surface area contributed by atoms with E-state index in [9.17, 15) is 0 Å². The van der Waals surface area contributed by atoms with Crippen molar-refractivity contribution in [2.45, 2.75) is 39.3 Å². The monoisotopic (exact) mass is 904 g/mol. The summed E-state index contributed by atoms with van der Waals surface area (Å²) in [5.74, 6) is -2.65. The maximum Gasteiger partial charge on any atom is 0.136 e. The first-order valence-corrected chi connectivity index (χ1v) is 29.3. The van der Waals surface area contributed by atoms with Crippen molar-refractivity contribution in [1.29, 1.82) is 0 Å². The van der Waals surface area contributed by atoms with Crippen molar-refractivity contribution in [3.63, 3.8) is 0 Å². The topological polar surface area (TPSA) is 6.48 Å². The molecule has 66 heavy (non-hydrogen) atoms. The smallest absolute Gasteiger partial charge is 0.136 e. The highest BCUT2D eigenvalue weighted by molar-refractivity contribution is 6.89. The van der Waals surface area contributed by atoms with E-state index in [2.05, 4.69) is 99.9 Å². The Balaban J connectivity index is 1.20. The molecule has 0 bridgehead atoms. The van der Waals surface area contributed by atoms with Gasteiger partial charge in [-0.1, -0.05) is 171 Å². The normalized spacial score (nSPS) is 12.1. The minimum absolute atomic E-state index is 0.0783. The van der Waals surface area contributed by atoms with Crippen LogP contribution in [0.5, 0.6) is 0 Å². The van der Waals surface area contributed by atoms with Crippen molar-refractivity contribution in [3.8, 4) is 22.3 Å². The van der Waals surface area contributed by atoms with Gasteiger partial charge in [-0.25, -0.2) is 17.6 Å². The molecule has 8 heteroatoms. The molecule has 0 aliphatic rings. The number of benzene rings is 10. The zero-order valence-electron chi connectivity index (χ0n) is 37.7. The predicted molar refractivity (Wildman–Crippen MR) is 276 cm³/mol. The van der Waals surface area contributed by atoms with Gasteiger partial charge in [0, 0.05) is 22.1 Å². The molecule has 0 spiro atoms. The van der Waals surface area contributed by atoms with E-state index >= 15 is 17.6 Å². The van der Waals surface area contributed by atoms with Crippen LogP contribution in [0.25, 0.3) is 54.6 Å². The lowest BCUT2D eigenvalue weighted by Gasteiger charge is -2.30. The number of anilines is 6. The lowest BCUT2D eigenvalue weighted by molar-refractivity contribution is 0.589. The van der Waals surface area contributed by atoms with Gasteiger partial charge in [-0.15, -0.1) is 0 Å². The van der Waals surface area contributed by atoms with Gasteiger partial charge in [-0.2, -0.15) is 0 Å². The fraction of sp³-hybridized carbons (Fsp3) is 0.103. The summed E-state index contributed by atoms with van der Waals surface area (Å²) >= 11 is 0. The molecule has 0 radical (unpaired) electrons. The molecule has 0 aliphatic carbocycles. The van der Waals surface area contributed by atoms with Crippen LogP contribution in [-0.4, -0.2) is 16.1 Å². The molecule has 0 aliphatic heterocycles. The Morgan fingerprint density at radius 1 is 0.333 bits per heavy atom. The molecule has 326 valence electrons. The molecule has 2 nitrogen and oxygen atoms in total. The van der Waals surface area contributed by atoms with Crippen LogP contribution in [0, 0.1) is 23.3 Å². The van der Waals surface area contributed by atoms with Crippen LogP contribution >= 0.6 is 0 Å². The SMILES string of the molecule is C[Si](C)(C)c1ccc(N(c2cc(F)c(-c3ccccc3)c(F)c2)c2ccc3ccc4c(N(c5ccc([Si](C)(C)C)cc5)c5cc(F)c(-c6ccccc6)c(F)c5)ccc5ccc2c3c54)cc1. The first kappa shape index (κ1) is 42.9. The Labute approximate surface area is 385 Å². The van der Waals surface area contributed by atoms with Crippen molar-refractivity contribution in [3.05, 3.63) is 205 Å². The summed E-state index contributed by atoms with van der Waals surface area (Å²) in [6.07, 6.45) is 0. The number of hydrogen-bond acceptors (Lipinski definition) is 2. The first-order chi connectivity index (χ1) is 31.7. The molecule has 0 amide bonds. The quantitative estimate of drug-likeness (QED) is 0.0766. The van der Waals surface area contributed by atoms with Gasteiger partial charge in [0.25, 0.3) is 0 Å². The van der Waals surface area contributed by atoms with Gasteiger partial charge in [0.2, 0.25) is 0 Å². The average molecular weight is 905 g/mol. The highest BCUT2D eigenvalue weighted by Crippen LogP contribution is 2.48. The van der Waals surface area contributed by atoms with E-state index in [1.807, 2.05) is 58.3 Å². The molecule has 0 N–H and O–H groups in total. The van der Waals surface area contributed by atoms with Crippen molar-refractivity contribution in [1.82, 2.24) is 0 Å². The number of rotatable bonds is 10. The molecule has 0 aromatic heterocycles. The molecule has 0 saturated heterocycles. The van der Waals surface area contributed by atoms with Crippen molar-refractivity contribution < 1.29 is 17.6 Å². The average Bonchev–Trinajstić information content (AvgIpc) is 3.29. The van der Waals surface area contributed by atoms with Crippen LogP contribution < -0.4 is 20.2 Å². The third-order valence-electron chi connectivity index (χ3n) is 12.8. The summed E-state index contributed by atoms with van der Waals surface area (Å²) in [6.45, 7) is 13.7. The second-order valence-electron chi connectivity index (χ2n) is 19.2. The summed E-state index contributed by atoms with van der Waals surface area (Å²) in [5, 5.41) is 8.15. The van der Waals surface area contributed by atoms with E-state index in [1.54, 1.807) is 48.5 Å². The Morgan fingerprint density at radius 2 is 0.652 bits per heavy atom. The lowest BCUT2D eigenvalue weighted by atomic mass is 9.91. The fourth-order valence-corrected chi connectivity index (χ4v) is 11.7. The fourth-order valence-electron chi connectivity index (χ4n) is 9.37. The van der Waals surface area contributed by atoms with Crippen LogP contribution in [-0.2, 0) is 0 Å². The second-order valence-corrected chi connectivity index (χ2v) is 29.3. The lowest BCUT2D eigenvalue weighted by Crippen LogP contribution is -2.37. The summed E-state index contributed by atoms with van der Waals surface area (Å²) in [5.41, 5.74) is 4.46. The van der Waals surface area contributed by atoms with Crippen LogP contribution in [0.3, 0.4) is 0 Å². The zero-order valence-corrected chi connectivity index (χ0v) is 39.7. The zero-order chi connectivity index (χ0) is 46.1. The first-order valence-electron chi connectivity index (χ1n) is 22.3. The van der Waals surface area contributed by atoms with Gasteiger partial charge in [-0.05, 0) is 93.3 Å². The van der Waals surface area contributed by atoms with Crippen molar-refractivity contribution in [2.75, 3.05) is 9.80 Å². The Kier molecular flexibility index (Phi) is 10.7. The van der Waals surface area contributed by atoms with Gasteiger partial charge >= 0.3 is 0 Å². The number of halogens is 4. The van der Waals surface area contributed by atoms with Gasteiger partial charge in [-0.3, -0.25) is 0 Å². The van der Waals surface area contributed by atoms with Crippen LogP contribution in [0.15, 0.2) is 182 Å². The summed E-state index contributed by atoms with van der Waals surface area (Å²) in [6, 6.07) is 56.3. The highest BCUT2D eigenvalue weighted by Gasteiger charge is 2.26. The molecule has 10 aromatic carbocycles. The molecule has 10 aromatic rings. The summed E-state index contributed by atoms with van der Waals surface area (Å²) in [7, 11) is -3.37. The second kappa shape index (κ2) is 16.5. The molecule has 0 unspecified atom stereocenters. The van der Waals surface area contributed by atoms with Crippen molar-refractivity contribution in [2.24, 2.45) is 0 Å². The third kappa shape index (κ3) is 7.63. The largest absolute Gasteiger partial charge is 0.310 e. The van der Waals surface area contributed by atoms with Crippen LogP contribution in [0.2, 0.25) is 39.3 Å². The van der Waals surface area contributed by atoms with Gasteiger partial charge < -0.3 is 9.80 Å². The molecule has 0 fully saturated rings. The standard InChI is InChI=1S/C58H48F4N2Si2/c1-65(2,3)45-25-21-41(22-26-45)63(43-33-49(59)57(50(60)34-43)37-13-9-7-10-14-37)53-31-19-39-18-30-48-54(32-20-40-17-29-47(53)55(39)56(40)48)64(42-23-27-46(28-24-42)66(4,5)6)44-35-51(61)58(52(62)36-44)38-15-11-8-12-16-38/h7-36H,1-6H3. The van der Waals surface area contributed by atoms with E-state index in [0.717, 1.165) is 55.1 Å². The summed E-state index contributed by atoms with van der Waals surface area (Å²) < 4.78 is 65.5.